The van der Waals surface area contributed by atoms with Crippen LogP contribution in [0.5, 0.6) is 0 Å². The predicted molar refractivity (Wildman–Crippen MR) is 71.3 cm³/mol. The van der Waals surface area contributed by atoms with Gasteiger partial charge in [-0.2, -0.15) is 18.4 Å². The molecule has 18 heavy (non-hydrogen) atoms. The van der Waals surface area contributed by atoms with Crippen molar-refractivity contribution >= 4 is 15.9 Å². The summed E-state index contributed by atoms with van der Waals surface area (Å²) in [5, 5.41) is 8.78. The molecule has 0 amide bonds. The van der Waals surface area contributed by atoms with Gasteiger partial charge in [0.15, 0.2) is 0 Å². The van der Waals surface area contributed by atoms with E-state index < -0.39 is 10.2 Å². The van der Waals surface area contributed by atoms with Crippen molar-refractivity contribution in [1.82, 2.24) is 4.72 Å². The highest BCUT2D eigenvalue weighted by atomic mass is 32.2. The van der Waals surface area contributed by atoms with E-state index in [1.165, 1.54) is 6.07 Å². The second kappa shape index (κ2) is 5.85. The molecule has 0 unspecified atom stereocenters. The van der Waals surface area contributed by atoms with E-state index in [1.807, 2.05) is 19.9 Å². The van der Waals surface area contributed by atoms with Gasteiger partial charge in [0.05, 0.1) is 17.3 Å². The Bertz CT molecular complexity index is 559. The minimum absolute atomic E-state index is 0.230. The number of nitrogens with one attached hydrogen (secondary N) is 2. The Morgan fingerprint density at radius 1 is 1.39 bits per heavy atom. The second-order valence-electron chi connectivity index (χ2n) is 4.49. The average molecular weight is 267 g/mol. The summed E-state index contributed by atoms with van der Waals surface area (Å²) in [6, 6.07) is 6.85. The van der Waals surface area contributed by atoms with Crippen LogP contribution in [-0.2, 0) is 10.2 Å². The molecular weight excluding hydrogens is 250 g/mol. The number of aryl methyl sites for hydroxylation is 1. The smallest absolute Gasteiger partial charge is 0.271 e. The van der Waals surface area contributed by atoms with Gasteiger partial charge in [-0.25, -0.2) is 0 Å². The predicted octanol–water partition coefficient (Wildman–Crippen LogP) is 1.77. The van der Waals surface area contributed by atoms with Gasteiger partial charge in [0.1, 0.15) is 0 Å². The number of anilines is 1. The van der Waals surface area contributed by atoms with E-state index >= 15 is 0 Å². The fourth-order valence-electron chi connectivity index (χ4n) is 1.26. The van der Waals surface area contributed by atoms with Gasteiger partial charge in [-0.1, -0.05) is 19.9 Å². The second-order valence-corrected chi connectivity index (χ2v) is 5.99. The SMILES string of the molecule is Cc1ccc(C#N)cc1NS(=O)(=O)NCC(C)C. The van der Waals surface area contributed by atoms with Crippen molar-refractivity contribution in [2.45, 2.75) is 20.8 Å². The van der Waals surface area contributed by atoms with Crippen molar-refractivity contribution in [3.05, 3.63) is 29.3 Å². The van der Waals surface area contributed by atoms with Crippen LogP contribution in [0.4, 0.5) is 5.69 Å². The maximum absolute atomic E-state index is 11.8. The highest BCUT2D eigenvalue weighted by Crippen LogP contribution is 2.17. The maximum atomic E-state index is 11.8. The molecule has 0 saturated carbocycles. The van der Waals surface area contributed by atoms with Crippen molar-refractivity contribution in [2.24, 2.45) is 5.92 Å². The van der Waals surface area contributed by atoms with E-state index in [2.05, 4.69) is 9.44 Å². The normalized spacial score (nSPS) is 11.3. The minimum atomic E-state index is -3.59. The molecule has 2 N–H and O–H groups in total. The summed E-state index contributed by atoms with van der Waals surface area (Å²) in [6.45, 7) is 5.99. The fraction of sp³-hybridized carbons (Fsp3) is 0.417. The topological polar surface area (TPSA) is 82.0 Å². The quantitative estimate of drug-likeness (QED) is 0.853. The average Bonchev–Trinajstić information content (AvgIpc) is 2.29. The Labute approximate surface area is 108 Å². The van der Waals surface area contributed by atoms with E-state index in [1.54, 1.807) is 19.1 Å². The number of nitriles is 1. The lowest BCUT2D eigenvalue weighted by Gasteiger charge is -2.12. The van der Waals surface area contributed by atoms with E-state index in [9.17, 15) is 8.42 Å². The van der Waals surface area contributed by atoms with Crippen LogP contribution in [0, 0.1) is 24.2 Å². The first kappa shape index (κ1) is 14.5. The lowest BCUT2D eigenvalue weighted by Crippen LogP contribution is -2.33. The van der Waals surface area contributed by atoms with E-state index in [0.717, 1.165) is 5.56 Å². The molecule has 98 valence electrons. The molecule has 1 aromatic carbocycles. The van der Waals surface area contributed by atoms with Crippen LogP contribution in [-0.4, -0.2) is 15.0 Å². The van der Waals surface area contributed by atoms with Gasteiger partial charge in [-0.3, -0.25) is 4.72 Å². The van der Waals surface area contributed by atoms with Crippen molar-refractivity contribution < 1.29 is 8.42 Å². The molecule has 5 nitrogen and oxygen atoms in total. The summed E-state index contributed by atoms with van der Waals surface area (Å²) in [7, 11) is -3.59. The van der Waals surface area contributed by atoms with Crippen LogP contribution in [0.25, 0.3) is 0 Å². The number of hydrogen-bond acceptors (Lipinski definition) is 3. The Morgan fingerprint density at radius 2 is 2.06 bits per heavy atom. The van der Waals surface area contributed by atoms with Crippen LogP contribution in [0.2, 0.25) is 0 Å². The zero-order chi connectivity index (χ0) is 13.8. The third-order valence-electron chi connectivity index (χ3n) is 2.29. The summed E-state index contributed by atoms with van der Waals surface area (Å²) in [6.07, 6.45) is 0. The van der Waals surface area contributed by atoms with Crippen molar-refractivity contribution in [3.8, 4) is 6.07 Å². The standard InChI is InChI=1S/C12H17N3O2S/c1-9(2)8-14-18(16,17)15-12-6-11(7-13)5-4-10(12)3/h4-6,9,14-15H,8H2,1-3H3. The van der Waals surface area contributed by atoms with Crippen molar-refractivity contribution in [3.63, 3.8) is 0 Å². The Morgan fingerprint density at radius 3 is 2.61 bits per heavy atom. The van der Waals surface area contributed by atoms with E-state index in [-0.39, 0.29) is 5.92 Å². The number of benzene rings is 1. The Hall–Kier alpha value is -1.58. The lowest BCUT2D eigenvalue weighted by molar-refractivity contribution is 0.565. The summed E-state index contributed by atoms with van der Waals surface area (Å²) >= 11 is 0. The van der Waals surface area contributed by atoms with Gasteiger partial charge in [0.2, 0.25) is 0 Å². The molecule has 0 aliphatic heterocycles. The number of nitrogens with zero attached hydrogens (tertiary/aromatic N) is 1. The van der Waals surface area contributed by atoms with E-state index in [0.29, 0.717) is 17.8 Å². The highest BCUT2D eigenvalue weighted by molar-refractivity contribution is 7.90. The molecule has 0 atom stereocenters. The summed E-state index contributed by atoms with van der Waals surface area (Å²) in [5.74, 6) is 0.230. The minimum Gasteiger partial charge on any atom is -0.271 e. The third kappa shape index (κ3) is 4.35. The number of rotatable bonds is 5. The molecule has 0 heterocycles. The zero-order valence-corrected chi connectivity index (χ0v) is 11.5. The monoisotopic (exact) mass is 267 g/mol. The summed E-state index contributed by atoms with van der Waals surface area (Å²) < 4.78 is 28.4. The Balaban J connectivity index is 2.87. The van der Waals surface area contributed by atoms with Gasteiger partial charge < -0.3 is 0 Å². The van der Waals surface area contributed by atoms with E-state index in [4.69, 9.17) is 5.26 Å². The van der Waals surface area contributed by atoms with Gasteiger partial charge in [-0.05, 0) is 30.5 Å². The summed E-state index contributed by atoms with van der Waals surface area (Å²) in [4.78, 5) is 0. The molecule has 0 bridgehead atoms. The third-order valence-corrected chi connectivity index (χ3v) is 3.33. The molecule has 0 aliphatic rings. The van der Waals surface area contributed by atoms with Gasteiger partial charge in [0.25, 0.3) is 10.2 Å². The maximum Gasteiger partial charge on any atom is 0.299 e. The lowest BCUT2D eigenvalue weighted by atomic mass is 10.1. The first-order chi connectivity index (χ1) is 8.34. The van der Waals surface area contributed by atoms with Crippen LogP contribution in [0.1, 0.15) is 25.0 Å². The summed E-state index contributed by atoms with van der Waals surface area (Å²) in [5.41, 5.74) is 1.61. The molecule has 0 radical (unpaired) electrons. The largest absolute Gasteiger partial charge is 0.299 e. The molecular formula is C12H17N3O2S. The Kier molecular flexibility index (Phi) is 4.70. The molecule has 0 spiro atoms. The molecule has 1 aromatic rings. The fourth-order valence-corrected chi connectivity index (χ4v) is 2.39. The molecule has 0 aromatic heterocycles. The highest BCUT2D eigenvalue weighted by Gasteiger charge is 2.12. The van der Waals surface area contributed by atoms with Gasteiger partial charge >= 0.3 is 0 Å². The van der Waals surface area contributed by atoms with Crippen molar-refractivity contribution in [1.29, 1.82) is 5.26 Å². The van der Waals surface area contributed by atoms with Crippen LogP contribution in [0.15, 0.2) is 18.2 Å². The number of hydrogen-bond donors (Lipinski definition) is 2. The van der Waals surface area contributed by atoms with Gasteiger partial charge in [0, 0.05) is 6.54 Å². The molecule has 0 fully saturated rings. The molecule has 6 heteroatoms. The first-order valence-corrected chi connectivity index (χ1v) is 7.10. The molecule has 0 aliphatic carbocycles. The molecule has 0 saturated heterocycles. The van der Waals surface area contributed by atoms with Crippen LogP contribution >= 0.6 is 0 Å². The molecule has 1 rings (SSSR count). The first-order valence-electron chi connectivity index (χ1n) is 5.62. The van der Waals surface area contributed by atoms with Crippen LogP contribution in [0.3, 0.4) is 0 Å². The zero-order valence-electron chi connectivity index (χ0n) is 10.7. The van der Waals surface area contributed by atoms with Gasteiger partial charge in [-0.15, -0.1) is 0 Å². The van der Waals surface area contributed by atoms with Crippen LogP contribution < -0.4 is 9.44 Å². The van der Waals surface area contributed by atoms with Crippen molar-refractivity contribution in [2.75, 3.05) is 11.3 Å².